The lowest BCUT2D eigenvalue weighted by Gasteiger charge is -2.60. The molecule has 0 radical (unpaired) electrons. The summed E-state index contributed by atoms with van der Waals surface area (Å²) in [6.07, 6.45) is -5.55. The van der Waals surface area contributed by atoms with Crippen molar-refractivity contribution in [2.24, 2.45) is 46.3 Å². The topological polar surface area (TPSA) is 197 Å². The molecular weight excluding hydrogens is 536 g/mol. The van der Waals surface area contributed by atoms with Gasteiger partial charge in [0.2, 0.25) is 6.29 Å². The van der Waals surface area contributed by atoms with Crippen LogP contribution in [0.1, 0.15) is 65.2 Å². The number of rotatable bonds is 2. The first-order chi connectivity index (χ1) is 19.3. The summed E-state index contributed by atoms with van der Waals surface area (Å²) in [7, 11) is 0. The molecule has 1 heterocycles. The van der Waals surface area contributed by atoms with E-state index in [9.17, 15) is 45.6 Å². The van der Waals surface area contributed by atoms with Crippen molar-refractivity contribution >= 4 is 5.97 Å². The van der Waals surface area contributed by atoms with Gasteiger partial charge < -0.3 is 50.3 Å². The van der Waals surface area contributed by atoms with Crippen LogP contribution in [0, 0.1) is 46.3 Å². The van der Waals surface area contributed by atoms with E-state index in [1.54, 1.807) is 0 Å². The molecule has 16 atom stereocenters. The summed E-state index contributed by atoms with van der Waals surface area (Å²) in [6.45, 7) is 3.98. The number of hydrogen-bond donors (Lipinski definition) is 8. The number of hydrogen-bond acceptors (Lipinski definition) is 11. The Labute approximate surface area is 239 Å². The fourth-order valence-electron chi connectivity index (χ4n) is 9.66. The normalized spacial score (nSPS) is 54.5. The summed E-state index contributed by atoms with van der Waals surface area (Å²) in [5, 5.41) is 83.6. The van der Waals surface area contributed by atoms with Gasteiger partial charge in [-0.3, -0.25) is 4.79 Å². The minimum atomic E-state index is -1.84. The van der Waals surface area contributed by atoms with Crippen molar-refractivity contribution < 1.29 is 55.1 Å². The zero-order valence-electron chi connectivity index (χ0n) is 23.7. The molecule has 5 aliphatic carbocycles. The average Bonchev–Trinajstić information content (AvgIpc) is 2.94. The van der Waals surface area contributed by atoms with Crippen molar-refractivity contribution in [1.29, 1.82) is 0 Å². The zero-order chi connectivity index (χ0) is 29.6. The van der Waals surface area contributed by atoms with Gasteiger partial charge in [0.15, 0.2) is 6.29 Å². The van der Waals surface area contributed by atoms with E-state index < -0.39 is 78.0 Å². The highest BCUT2D eigenvalue weighted by Crippen LogP contribution is 2.64. The number of allylic oxidation sites excluding steroid dienone is 1. The minimum absolute atomic E-state index is 0.0624. The summed E-state index contributed by atoms with van der Waals surface area (Å²) in [5.74, 6) is -0.535. The summed E-state index contributed by atoms with van der Waals surface area (Å²) < 4.78 is 10.8. The standard InChI is InChI=1S/C30H46O11/c1-29(2)9-10-30(28(39)41-27-24(36)22(34)23(35)26(38)40-27)8-7-14-12-4-6-16-17(11-18(31)21(33)20(16)32)13(12)3-5-15(14)19(30)25(29)37/h5,12-14,16-27,31-38H,3-4,6-11H2,1-2H3/t12-,13+,14+,16-,17-,18-,19-,20+,21+,22-,23+,24+,25+,26-,27-,30-/m1/s1. The zero-order valence-corrected chi connectivity index (χ0v) is 23.7. The quantitative estimate of drug-likeness (QED) is 0.155. The average molecular weight is 583 g/mol. The van der Waals surface area contributed by atoms with E-state index in [-0.39, 0.29) is 29.6 Å². The van der Waals surface area contributed by atoms with Gasteiger partial charge in [-0.05, 0) is 86.4 Å². The van der Waals surface area contributed by atoms with E-state index in [1.165, 1.54) is 0 Å². The van der Waals surface area contributed by atoms with Crippen molar-refractivity contribution in [1.82, 2.24) is 0 Å². The molecule has 41 heavy (non-hydrogen) atoms. The highest BCUT2D eigenvalue weighted by Gasteiger charge is 2.63. The van der Waals surface area contributed by atoms with Crippen LogP contribution in [0.4, 0.5) is 0 Å². The molecule has 1 saturated heterocycles. The number of aliphatic hydroxyl groups excluding tert-OH is 8. The molecule has 11 nitrogen and oxygen atoms in total. The second-order valence-corrected chi connectivity index (χ2v) is 14.4. The fourth-order valence-corrected chi connectivity index (χ4v) is 9.66. The van der Waals surface area contributed by atoms with E-state index >= 15 is 0 Å². The van der Waals surface area contributed by atoms with E-state index in [1.807, 2.05) is 13.8 Å². The van der Waals surface area contributed by atoms with Crippen LogP contribution < -0.4 is 0 Å². The Kier molecular flexibility index (Phi) is 7.65. The Bertz CT molecular complexity index is 1050. The lowest BCUT2D eigenvalue weighted by atomic mass is 9.45. The molecule has 0 aromatic heterocycles. The Hall–Kier alpha value is -1.15. The lowest BCUT2D eigenvalue weighted by Crippen LogP contribution is -2.62. The Balaban J connectivity index is 1.30. The van der Waals surface area contributed by atoms with Crippen LogP contribution in [0.25, 0.3) is 0 Å². The predicted octanol–water partition coefficient (Wildman–Crippen LogP) is -0.444. The number of esters is 1. The first-order valence-corrected chi connectivity index (χ1v) is 15.3. The van der Waals surface area contributed by atoms with E-state index in [2.05, 4.69) is 6.08 Å². The van der Waals surface area contributed by atoms with Crippen molar-refractivity contribution in [2.45, 2.75) is 121 Å². The second kappa shape index (κ2) is 10.5. The lowest BCUT2D eigenvalue weighted by molar-refractivity contribution is -0.334. The third-order valence-corrected chi connectivity index (χ3v) is 12.1. The molecule has 0 unspecified atom stereocenters. The van der Waals surface area contributed by atoms with E-state index in [0.717, 1.165) is 18.4 Å². The molecular formula is C30H46O11. The molecule has 0 bridgehead atoms. The van der Waals surface area contributed by atoms with Crippen LogP contribution in [0.2, 0.25) is 0 Å². The third-order valence-electron chi connectivity index (χ3n) is 12.1. The number of ether oxygens (including phenoxy) is 2. The van der Waals surface area contributed by atoms with Crippen molar-refractivity contribution in [2.75, 3.05) is 0 Å². The summed E-state index contributed by atoms with van der Waals surface area (Å²) in [4.78, 5) is 14.0. The Morgan fingerprint density at radius 2 is 1.51 bits per heavy atom. The van der Waals surface area contributed by atoms with Gasteiger partial charge >= 0.3 is 5.97 Å². The van der Waals surface area contributed by atoms with Gasteiger partial charge in [0.05, 0.1) is 23.7 Å². The number of carbonyl (C=O) groups excluding carboxylic acids is 1. The smallest absolute Gasteiger partial charge is 0.315 e. The first kappa shape index (κ1) is 29.9. The maximum Gasteiger partial charge on any atom is 0.315 e. The molecule has 5 fully saturated rings. The predicted molar refractivity (Wildman–Crippen MR) is 141 cm³/mol. The summed E-state index contributed by atoms with van der Waals surface area (Å²) >= 11 is 0. The number of aliphatic hydroxyl groups is 8. The highest BCUT2D eigenvalue weighted by atomic mass is 16.8. The van der Waals surface area contributed by atoms with Gasteiger partial charge in [-0.2, -0.15) is 0 Å². The minimum Gasteiger partial charge on any atom is -0.432 e. The maximum atomic E-state index is 14.0. The van der Waals surface area contributed by atoms with Gasteiger partial charge in [-0.15, -0.1) is 0 Å². The molecule has 0 spiro atoms. The first-order valence-electron chi connectivity index (χ1n) is 15.3. The maximum absolute atomic E-state index is 14.0. The molecule has 0 aromatic carbocycles. The SMILES string of the molecule is CC1(C)CC[C@]2(C(=O)O[C@H]3O[C@@H](O)[C@@H](O)[C@@H](O)[C@@H]3O)CC[C@@H]3C(=CC[C@@H]4[C@H]5C[C@@H](O)[C@H](O)[C@@H](O)[C@@H]5CC[C@H]43)[C@@H]2[C@@H]1O. The second-order valence-electron chi connectivity index (χ2n) is 14.4. The fraction of sp³-hybridized carbons (Fsp3) is 0.900. The molecule has 11 heteroatoms. The third kappa shape index (κ3) is 4.54. The molecule has 6 rings (SSSR count). The van der Waals surface area contributed by atoms with E-state index in [4.69, 9.17) is 9.47 Å². The molecule has 8 N–H and O–H groups in total. The van der Waals surface area contributed by atoms with Gasteiger partial charge in [0.1, 0.15) is 24.4 Å². The number of fused-ring (bicyclic) bond motifs is 7. The van der Waals surface area contributed by atoms with Gasteiger partial charge in [0, 0.05) is 5.92 Å². The van der Waals surface area contributed by atoms with Crippen LogP contribution >= 0.6 is 0 Å². The van der Waals surface area contributed by atoms with Crippen LogP contribution in [0.15, 0.2) is 11.6 Å². The van der Waals surface area contributed by atoms with Crippen molar-refractivity contribution in [3.05, 3.63) is 11.6 Å². The molecule has 6 aliphatic rings. The highest BCUT2D eigenvalue weighted by molar-refractivity contribution is 5.79. The van der Waals surface area contributed by atoms with Crippen LogP contribution in [-0.2, 0) is 14.3 Å². The Morgan fingerprint density at radius 1 is 0.805 bits per heavy atom. The monoisotopic (exact) mass is 582 g/mol. The molecule has 0 amide bonds. The molecule has 1 aliphatic heterocycles. The Morgan fingerprint density at radius 3 is 2.24 bits per heavy atom. The number of carbonyl (C=O) groups is 1. The molecule has 4 saturated carbocycles. The van der Waals surface area contributed by atoms with Crippen molar-refractivity contribution in [3.63, 3.8) is 0 Å². The summed E-state index contributed by atoms with van der Waals surface area (Å²) in [6, 6.07) is 0. The van der Waals surface area contributed by atoms with E-state index in [0.29, 0.717) is 38.5 Å². The van der Waals surface area contributed by atoms with Crippen LogP contribution in [-0.4, -0.2) is 102 Å². The van der Waals surface area contributed by atoms with Crippen LogP contribution in [0.5, 0.6) is 0 Å². The van der Waals surface area contributed by atoms with Gasteiger partial charge in [-0.1, -0.05) is 25.5 Å². The summed E-state index contributed by atoms with van der Waals surface area (Å²) in [5.41, 5.74) is -0.500. The van der Waals surface area contributed by atoms with Gasteiger partial charge in [-0.25, -0.2) is 0 Å². The molecule has 0 aromatic rings. The van der Waals surface area contributed by atoms with Crippen LogP contribution in [0.3, 0.4) is 0 Å². The molecule has 232 valence electrons. The largest absolute Gasteiger partial charge is 0.432 e. The van der Waals surface area contributed by atoms with Crippen molar-refractivity contribution in [3.8, 4) is 0 Å². The van der Waals surface area contributed by atoms with Gasteiger partial charge in [0.25, 0.3) is 0 Å².